The Balaban J connectivity index is 2.35. The standard InChI is InChI=1S/C12H24O6/c1-2-3-4-5-6-17-11-10(15)9(14)8(7-13)18-12(11)16/h8-16H,2-7H2,1H3/t8-,9-,10+,11-,12+/m1/s1. The third-order valence-electron chi connectivity index (χ3n) is 3.15. The maximum absolute atomic E-state index is 9.79. The number of ether oxygens (including phenoxy) is 2. The van der Waals surface area contributed by atoms with Crippen LogP contribution >= 0.6 is 0 Å². The van der Waals surface area contributed by atoms with Gasteiger partial charge >= 0.3 is 0 Å². The second kappa shape index (κ2) is 8.04. The minimum absolute atomic E-state index is 0.401. The summed E-state index contributed by atoms with van der Waals surface area (Å²) in [7, 11) is 0. The fourth-order valence-electron chi connectivity index (χ4n) is 2.00. The Morgan fingerprint density at radius 1 is 1.06 bits per heavy atom. The Bertz CT molecular complexity index is 225. The summed E-state index contributed by atoms with van der Waals surface area (Å²) in [6.07, 6.45) is -1.68. The van der Waals surface area contributed by atoms with Crippen LogP contribution in [0.15, 0.2) is 0 Å². The van der Waals surface area contributed by atoms with Gasteiger partial charge in [-0.3, -0.25) is 0 Å². The molecule has 6 heteroatoms. The minimum Gasteiger partial charge on any atom is -0.394 e. The number of rotatable bonds is 7. The molecule has 6 nitrogen and oxygen atoms in total. The van der Waals surface area contributed by atoms with Crippen molar-refractivity contribution in [1.29, 1.82) is 0 Å². The molecule has 0 bridgehead atoms. The highest BCUT2D eigenvalue weighted by Gasteiger charge is 2.44. The smallest absolute Gasteiger partial charge is 0.184 e. The SMILES string of the molecule is CCCCCCO[C@@H]1[C@@H](O)[C@H](O)[C@@H](CO)O[C@@H]1O. The summed E-state index contributed by atoms with van der Waals surface area (Å²) in [5, 5.41) is 38.0. The molecule has 0 aliphatic carbocycles. The number of unbranched alkanes of at least 4 members (excludes halogenated alkanes) is 3. The zero-order chi connectivity index (χ0) is 13.5. The quantitative estimate of drug-likeness (QED) is 0.458. The van der Waals surface area contributed by atoms with E-state index in [1.165, 1.54) is 0 Å². The number of aliphatic hydroxyl groups excluding tert-OH is 4. The molecule has 1 rings (SSSR count). The third-order valence-corrected chi connectivity index (χ3v) is 3.15. The monoisotopic (exact) mass is 264 g/mol. The van der Waals surface area contributed by atoms with E-state index in [-0.39, 0.29) is 0 Å². The summed E-state index contributed by atoms with van der Waals surface area (Å²) in [5.41, 5.74) is 0. The summed E-state index contributed by atoms with van der Waals surface area (Å²) in [6.45, 7) is 2.05. The second-order valence-corrected chi connectivity index (χ2v) is 4.62. The first-order chi connectivity index (χ1) is 8.61. The average molecular weight is 264 g/mol. The topological polar surface area (TPSA) is 99.4 Å². The van der Waals surface area contributed by atoms with Crippen LogP contribution in [0.25, 0.3) is 0 Å². The van der Waals surface area contributed by atoms with Gasteiger partial charge in [0.1, 0.15) is 24.4 Å². The van der Waals surface area contributed by atoms with Crippen molar-refractivity contribution in [3.8, 4) is 0 Å². The zero-order valence-electron chi connectivity index (χ0n) is 10.7. The van der Waals surface area contributed by atoms with E-state index in [0.717, 1.165) is 25.7 Å². The molecule has 0 spiro atoms. The van der Waals surface area contributed by atoms with Gasteiger partial charge in [-0.25, -0.2) is 0 Å². The van der Waals surface area contributed by atoms with Gasteiger partial charge in [-0.2, -0.15) is 0 Å². The maximum atomic E-state index is 9.79. The Kier molecular flexibility index (Phi) is 7.06. The van der Waals surface area contributed by atoms with Gasteiger partial charge in [0.25, 0.3) is 0 Å². The van der Waals surface area contributed by atoms with Gasteiger partial charge in [0.15, 0.2) is 6.29 Å². The van der Waals surface area contributed by atoms with E-state index >= 15 is 0 Å². The third kappa shape index (κ3) is 4.15. The molecule has 4 N–H and O–H groups in total. The predicted octanol–water partition coefficient (Wildman–Crippen LogP) is -0.617. The second-order valence-electron chi connectivity index (χ2n) is 4.62. The first-order valence-corrected chi connectivity index (χ1v) is 6.54. The molecule has 1 fully saturated rings. The molecule has 108 valence electrons. The Labute approximate surface area is 107 Å². The molecular formula is C12H24O6. The van der Waals surface area contributed by atoms with E-state index in [2.05, 4.69) is 6.92 Å². The lowest BCUT2D eigenvalue weighted by atomic mass is 9.99. The highest BCUT2D eigenvalue weighted by atomic mass is 16.7. The van der Waals surface area contributed by atoms with Crippen LogP contribution in [0.1, 0.15) is 32.6 Å². The highest BCUT2D eigenvalue weighted by molar-refractivity contribution is 4.89. The Morgan fingerprint density at radius 2 is 1.78 bits per heavy atom. The van der Waals surface area contributed by atoms with Gasteiger partial charge in [0, 0.05) is 6.61 Å². The fraction of sp³-hybridized carbons (Fsp3) is 1.00. The van der Waals surface area contributed by atoms with E-state index < -0.39 is 37.3 Å². The first kappa shape index (κ1) is 15.8. The van der Waals surface area contributed by atoms with Gasteiger partial charge in [-0.05, 0) is 6.42 Å². The van der Waals surface area contributed by atoms with E-state index in [0.29, 0.717) is 6.61 Å². The lowest BCUT2D eigenvalue weighted by molar-refractivity contribution is -0.296. The summed E-state index contributed by atoms with van der Waals surface area (Å²) < 4.78 is 10.3. The number of hydrogen-bond donors (Lipinski definition) is 4. The van der Waals surface area contributed by atoms with Gasteiger partial charge in [0.2, 0.25) is 0 Å². The van der Waals surface area contributed by atoms with Crippen molar-refractivity contribution in [1.82, 2.24) is 0 Å². The molecule has 0 saturated carbocycles. The van der Waals surface area contributed by atoms with Crippen molar-refractivity contribution < 1.29 is 29.9 Å². The van der Waals surface area contributed by atoms with E-state index in [9.17, 15) is 15.3 Å². The molecule has 0 aromatic rings. The molecular weight excluding hydrogens is 240 g/mol. The Hall–Kier alpha value is -0.240. The van der Waals surface area contributed by atoms with Crippen LogP contribution in [0.4, 0.5) is 0 Å². The zero-order valence-corrected chi connectivity index (χ0v) is 10.7. The summed E-state index contributed by atoms with van der Waals surface area (Å²) in [5.74, 6) is 0. The van der Waals surface area contributed by atoms with E-state index in [1.54, 1.807) is 0 Å². The normalized spacial score (nSPS) is 36.8. The first-order valence-electron chi connectivity index (χ1n) is 6.54. The van der Waals surface area contributed by atoms with Crippen molar-refractivity contribution >= 4 is 0 Å². The van der Waals surface area contributed by atoms with Gasteiger partial charge < -0.3 is 29.9 Å². The van der Waals surface area contributed by atoms with Crippen LogP contribution in [0, 0.1) is 0 Å². The van der Waals surface area contributed by atoms with Crippen LogP contribution in [0.5, 0.6) is 0 Å². The van der Waals surface area contributed by atoms with Crippen LogP contribution in [0.2, 0.25) is 0 Å². The molecule has 0 aromatic heterocycles. The van der Waals surface area contributed by atoms with Crippen molar-refractivity contribution in [2.75, 3.05) is 13.2 Å². The van der Waals surface area contributed by atoms with Crippen molar-refractivity contribution in [3.05, 3.63) is 0 Å². The molecule has 0 amide bonds. The van der Waals surface area contributed by atoms with Crippen molar-refractivity contribution in [2.24, 2.45) is 0 Å². The number of hydrogen-bond acceptors (Lipinski definition) is 6. The molecule has 1 saturated heterocycles. The summed E-state index contributed by atoms with van der Waals surface area (Å²) in [6, 6.07) is 0. The predicted molar refractivity (Wildman–Crippen MR) is 63.9 cm³/mol. The van der Waals surface area contributed by atoms with E-state index in [4.69, 9.17) is 14.6 Å². The largest absolute Gasteiger partial charge is 0.394 e. The van der Waals surface area contributed by atoms with Gasteiger partial charge in [-0.1, -0.05) is 26.2 Å². The molecule has 5 atom stereocenters. The maximum Gasteiger partial charge on any atom is 0.184 e. The molecule has 1 aliphatic heterocycles. The highest BCUT2D eigenvalue weighted by Crippen LogP contribution is 2.22. The number of aliphatic hydroxyl groups is 4. The van der Waals surface area contributed by atoms with Crippen LogP contribution in [0.3, 0.4) is 0 Å². The average Bonchev–Trinajstić information content (AvgIpc) is 2.37. The van der Waals surface area contributed by atoms with Crippen LogP contribution in [-0.2, 0) is 9.47 Å². The lowest BCUT2D eigenvalue weighted by Crippen LogP contribution is -2.59. The molecule has 0 aromatic carbocycles. The molecule has 0 radical (unpaired) electrons. The summed E-state index contributed by atoms with van der Waals surface area (Å²) >= 11 is 0. The van der Waals surface area contributed by atoms with Gasteiger partial charge in [0.05, 0.1) is 6.61 Å². The molecule has 18 heavy (non-hydrogen) atoms. The fourth-order valence-corrected chi connectivity index (χ4v) is 2.00. The van der Waals surface area contributed by atoms with Crippen molar-refractivity contribution in [2.45, 2.75) is 63.3 Å². The van der Waals surface area contributed by atoms with Gasteiger partial charge in [-0.15, -0.1) is 0 Å². The van der Waals surface area contributed by atoms with Crippen molar-refractivity contribution in [3.63, 3.8) is 0 Å². The molecule has 0 unspecified atom stereocenters. The van der Waals surface area contributed by atoms with Crippen LogP contribution in [-0.4, -0.2) is 64.3 Å². The minimum atomic E-state index is -1.33. The van der Waals surface area contributed by atoms with E-state index in [1.807, 2.05) is 0 Å². The molecule has 1 aliphatic rings. The molecule has 1 heterocycles. The summed E-state index contributed by atoms with van der Waals surface area (Å²) in [4.78, 5) is 0. The Morgan fingerprint density at radius 3 is 2.39 bits per heavy atom. The van der Waals surface area contributed by atoms with Crippen LogP contribution < -0.4 is 0 Å². The lowest BCUT2D eigenvalue weighted by Gasteiger charge is -2.39.